The maximum absolute atomic E-state index is 12.0. The van der Waals surface area contributed by atoms with Crippen LogP contribution in [0.25, 0.3) is 0 Å². The standard InChI is InChI=1S/C12H20N2O.C12H17NO4/c1-11(2)5-9(11)10(15)14-7-12(8-14)3-4-13-6-12;1-13-12(14)11(17-15-2)9-16-8-10-6-4-3-5-7-10/h9,13H,3-8H2,1-2H3;3-7,11H,8-9H2,1-2H3,(H,13,14)/t;11-/m.0/s1. The second-order valence-corrected chi connectivity index (χ2v) is 9.73. The van der Waals surface area contributed by atoms with Gasteiger partial charge in [-0.25, -0.2) is 9.78 Å². The highest BCUT2D eigenvalue weighted by Crippen LogP contribution is 2.53. The van der Waals surface area contributed by atoms with Crippen molar-refractivity contribution < 1.29 is 24.1 Å². The topological polar surface area (TPSA) is 89.1 Å². The predicted octanol–water partition coefficient (Wildman–Crippen LogP) is 1.75. The molecule has 2 aliphatic heterocycles. The molecule has 32 heavy (non-hydrogen) atoms. The fourth-order valence-corrected chi connectivity index (χ4v) is 4.38. The van der Waals surface area contributed by atoms with Crippen LogP contribution in [0.15, 0.2) is 30.3 Å². The van der Waals surface area contributed by atoms with Crippen LogP contribution in [0.3, 0.4) is 0 Å². The number of rotatable bonds is 8. The SMILES string of the molecule is CC1(C)CC1C(=O)N1CC2(CCNC2)C1.CNC(=O)[C@H](COCc1ccccc1)OOC. The molecule has 1 unspecified atom stereocenters. The van der Waals surface area contributed by atoms with E-state index in [-0.39, 0.29) is 17.9 Å². The van der Waals surface area contributed by atoms with Gasteiger partial charge in [0.15, 0.2) is 6.10 Å². The molecule has 3 fully saturated rings. The van der Waals surface area contributed by atoms with Crippen LogP contribution < -0.4 is 10.6 Å². The van der Waals surface area contributed by atoms with Crippen LogP contribution in [-0.4, -0.2) is 69.8 Å². The van der Waals surface area contributed by atoms with Gasteiger partial charge in [0.1, 0.15) is 0 Å². The van der Waals surface area contributed by atoms with E-state index in [1.807, 2.05) is 30.3 Å². The molecule has 8 heteroatoms. The minimum atomic E-state index is -0.756. The molecule has 1 spiro atoms. The number of likely N-dealkylation sites (tertiary alicyclic amines) is 1. The van der Waals surface area contributed by atoms with Crippen LogP contribution in [0.4, 0.5) is 0 Å². The van der Waals surface area contributed by atoms with Gasteiger partial charge >= 0.3 is 0 Å². The first-order valence-corrected chi connectivity index (χ1v) is 11.3. The van der Waals surface area contributed by atoms with Crippen molar-refractivity contribution in [1.82, 2.24) is 15.5 Å². The molecule has 0 aromatic heterocycles. The fourth-order valence-electron chi connectivity index (χ4n) is 4.38. The Morgan fingerprint density at radius 2 is 1.94 bits per heavy atom. The lowest BCUT2D eigenvalue weighted by atomic mass is 9.79. The van der Waals surface area contributed by atoms with Gasteiger partial charge < -0.3 is 20.3 Å². The van der Waals surface area contributed by atoms with Gasteiger partial charge in [-0.15, -0.1) is 0 Å². The fraction of sp³-hybridized carbons (Fsp3) is 0.667. The van der Waals surface area contributed by atoms with Crippen LogP contribution in [0, 0.1) is 16.7 Å². The Morgan fingerprint density at radius 1 is 1.25 bits per heavy atom. The summed E-state index contributed by atoms with van der Waals surface area (Å²) in [6.07, 6.45) is 1.59. The van der Waals surface area contributed by atoms with Crippen molar-refractivity contribution in [2.45, 2.75) is 39.4 Å². The molecule has 3 aliphatic rings. The van der Waals surface area contributed by atoms with E-state index in [0.29, 0.717) is 23.8 Å². The lowest BCUT2D eigenvalue weighted by Crippen LogP contribution is -2.59. The van der Waals surface area contributed by atoms with Crippen molar-refractivity contribution in [1.29, 1.82) is 0 Å². The monoisotopic (exact) mass is 447 g/mol. The number of carbonyl (C=O) groups excluding carboxylic acids is 2. The third-order valence-corrected chi connectivity index (χ3v) is 6.64. The summed E-state index contributed by atoms with van der Waals surface area (Å²) in [5.41, 5.74) is 1.78. The van der Waals surface area contributed by atoms with Gasteiger partial charge in [0.05, 0.1) is 20.3 Å². The van der Waals surface area contributed by atoms with Crippen LogP contribution in [-0.2, 0) is 30.7 Å². The number of nitrogens with one attached hydrogen (secondary N) is 2. The smallest absolute Gasteiger partial charge is 0.254 e. The van der Waals surface area contributed by atoms with Crippen LogP contribution in [0.2, 0.25) is 0 Å². The molecule has 1 saturated carbocycles. The van der Waals surface area contributed by atoms with Crippen LogP contribution in [0.1, 0.15) is 32.3 Å². The normalized spacial score (nSPS) is 23.0. The molecular formula is C24H37N3O5. The summed E-state index contributed by atoms with van der Waals surface area (Å²) >= 11 is 0. The third kappa shape index (κ3) is 6.28. The molecule has 1 aliphatic carbocycles. The van der Waals surface area contributed by atoms with Gasteiger partial charge in [0.2, 0.25) is 5.91 Å². The van der Waals surface area contributed by atoms with Crippen molar-refractivity contribution in [2.24, 2.45) is 16.7 Å². The second kappa shape index (κ2) is 10.7. The summed E-state index contributed by atoms with van der Waals surface area (Å²) in [5, 5.41) is 5.87. The van der Waals surface area contributed by atoms with E-state index in [9.17, 15) is 9.59 Å². The van der Waals surface area contributed by atoms with E-state index in [4.69, 9.17) is 9.62 Å². The summed E-state index contributed by atoms with van der Waals surface area (Å²) in [4.78, 5) is 34.8. The molecule has 2 atom stereocenters. The Labute approximate surface area is 190 Å². The zero-order valence-corrected chi connectivity index (χ0v) is 19.7. The Balaban J connectivity index is 0.000000181. The highest BCUT2D eigenvalue weighted by atomic mass is 17.2. The molecule has 2 heterocycles. The molecule has 0 radical (unpaired) electrons. The predicted molar refractivity (Wildman–Crippen MR) is 120 cm³/mol. The third-order valence-electron chi connectivity index (χ3n) is 6.64. The van der Waals surface area contributed by atoms with Gasteiger partial charge in [-0.1, -0.05) is 44.2 Å². The average Bonchev–Trinajstić information content (AvgIpc) is 3.16. The van der Waals surface area contributed by atoms with Crippen molar-refractivity contribution in [2.75, 3.05) is 46.9 Å². The molecular weight excluding hydrogens is 410 g/mol. The first-order chi connectivity index (χ1) is 15.3. The summed E-state index contributed by atoms with van der Waals surface area (Å²) in [7, 11) is 2.89. The first-order valence-electron chi connectivity index (χ1n) is 11.3. The number of benzene rings is 1. The van der Waals surface area contributed by atoms with Gasteiger partial charge in [0, 0.05) is 38.0 Å². The lowest BCUT2D eigenvalue weighted by Gasteiger charge is -2.48. The molecule has 1 aromatic rings. The van der Waals surface area contributed by atoms with E-state index >= 15 is 0 Å². The minimum absolute atomic E-state index is 0.141. The molecule has 8 nitrogen and oxygen atoms in total. The summed E-state index contributed by atoms with van der Waals surface area (Å²) in [6.45, 7) is 9.23. The van der Waals surface area contributed by atoms with E-state index in [1.165, 1.54) is 20.6 Å². The molecule has 2 amide bonds. The van der Waals surface area contributed by atoms with E-state index < -0.39 is 6.10 Å². The quantitative estimate of drug-likeness (QED) is 0.466. The van der Waals surface area contributed by atoms with Crippen molar-refractivity contribution in [3.63, 3.8) is 0 Å². The van der Waals surface area contributed by atoms with Crippen LogP contribution in [0.5, 0.6) is 0 Å². The highest BCUT2D eigenvalue weighted by Gasteiger charge is 2.56. The number of hydrogen-bond donors (Lipinski definition) is 2. The minimum Gasteiger partial charge on any atom is -0.373 e. The number of ether oxygens (including phenoxy) is 1. The second-order valence-electron chi connectivity index (χ2n) is 9.73. The van der Waals surface area contributed by atoms with E-state index in [2.05, 4.69) is 34.3 Å². The Kier molecular flexibility index (Phi) is 8.27. The highest BCUT2D eigenvalue weighted by molar-refractivity contribution is 5.83. The molecule has 0 bridgehead atoms. The number of amides is 2. The maximum Gasteiger partial charge on any atom is 0.254 e. The Bertz CT molecular complexity index is 756. The summed E-state index contributed by atoms with van der Waals surface area (Å²) in [6, 6.07) is 9.70. The number of nitrogens with zero attached hydrogens (tertiary/aromatic N) is 1. The van der Waals surface area contributed by atoms with E-state index in [1.54, 1.807) is 0 Å². The average molecular weight is 448 g/mol. The Hall–Kier alpha value is -2.00. The lowest BCUT2D eigenvalue weighted by molar-refractivity contribution is -0.304. The summed E-state index contributed by atoms with van der Waals surface area (Å²) < 4.78 is 5.39. The van der Waals surface area contributed by atoms with E-state index in [0.717, 1.165) is 38.2 Å². The largest absolute Gasteiger partial charge is 0.373 e. The maximum atomic E-state index is 12.0. The van der Waals surface area contributed by atoms with Gasteiger partial charge in [0.25, 0.3) is 5.91 Å². The van der Waals surface area contributed by atoms with Gasteiger partial charge in [-0.2, -0.15) is 0 Å². The number of likely N-dealkylation sites (N-methyl/N-ethyl adjacent to an activating group) is 1. The molecule has 1 aromatic carbocycles. The van der Waals surface area contributed by atoms with Crippen molar-refractivity contribution in [3.05, 3.63) is 35.9 Å². The molecule has 4 rings (SSSR count). The zero-order chi connectivity index (χ0) is 23.2. The molecule has 2 saturated heterocycles. The number of carbonyl (C=O) groups is 2. The summed E-state index contributed by atoms with van der Waals surface area (Å²) in [5.74, 6) is 0.460. The zero-order valence-electron chi connectivity index (χ0n) is 19.7. The molecule has 2 N–H and O–H groups in total. The first kappa shape index (κ1) is 24.6. The van der Waals surface area contributed by atoms with Crippen molar-refractivity contribution in [3.8, 4) is 0 Å². The molecule has 178 valence electrons. The van der Waals surface area contributed by atoms with Gasteiger partial charge in [-0.05, 0) is 30.4 Å². The van der Waals surface area contributed by atoms with Crippen molar-refractivity contribution >= 4 is 11.8 Å². The van der Waals surface area contributed by atoms with Gasteiger partial charge in [-0.3, -0.25) is 9.59 Å². The van der Waals surface area contributed by atoms with Crippen LogP contribution >= 0.6 is 0 Å². The Morgan fingerprint density at radius 3 is 2.47 bits per heavy atom. The number of hydrogen-bond acceptors (Lipinski definition) is 6.